The third-order valence-corrected chi connectivity index (χ3v) is 2.65. The number of amides is 1. The Bertz CT molecular complexity index is 189. The first-order valence-corrected chi connectivity index (χ1v) is 5.32. The van der Waals surface area contributed by atoms with Crippen molar-refractivity contribution < 1.29 is 9.63 Å². The summed E-state index contributed by atoms with van der Waals surface area (Å²) in [5.41, 5.74) is 8.09. The molecule has 0 radical (unpaired) electrons. The molecule has 4 heteroatoms. The van der Waals surface area contributed by atoms with E-state index in [1.165, 1.54) is 12.8 Å². The van der Waals surface area contributed by atoms with Gasteiger partial charge in [-0.15, -0.1) is 0 Å². The first-order chi connectivity index (χ1) is 6.61. The van der Waals surface area contributed by atoms with Crippen molar-refractivity contribution in [2.45, 2.75) is 51.7 Å². The van der Waals surface area contributed by atoms with E-state index in [4.69, 9.17) is 10.6 Å². The predicted octanol–water partition coefficient (Wildman–Crippen LogP) is 0.960. The third kappa shape index (κ3) is 3.27. The predicted molar refractivity (Wildman–Crippen MR) is 54.3 cm³/mol. The SMILES string of the molecule is CC(C)C(N)C(=O)NOC1CCCC1. The van der Waals surface area contributed by atoms with Gasteiger partial charge in [-0.2, -0.15) is 0 Å². The molecule has 0 aromatic heterocycles. The molecular weight excluding hydrogens is 180 g/mol. The van der Waals surface area contributed by atoms with Crippen molar-refractivity contribution in [2.75, 3.05) is 0 Å². The van der Waals surface area contributed by atoms with Crippen LogP contribution < -0.4 is 11.2 Å². The fourth-order valence-corrected chi connectivity index (χ4v) is 1.52. The van der Waals surface area contributed by atoms with Gasteiger partial charge in [0.15, 0.2) is 0 Å². The minimum absolute atomic E-state index is 0.141. The van der Waals surface area contributed by atoms with Crippen LogP contribution in [0.25, 0.3) is 0 Å². The monoisotopic (exact) mass is 200 g/mol. The summed E-state index contributed by atoms with van der Waals surface area (Å²) in [6.45, 7) is 3.83. The fourth-order valence-electron chi connectivity index (χ4n) is 1.52. The lowest BCUT2D eigenvalue weighted by Gasteiger charge is -2.17. The van der Waals surface area contributed by atoms with Gasteiger partial charge < -0.3 is 5.73 Å². The maximum absolute atomic E-state index is 11.4. The summed E-state index contributed by atoms with van der Waals surface area (Å²) < 4.78 is 0. The molecule has 0 saturated heterocycles. The summed E-state index contributed by atoms with van der Waals surface area (Å²) >= 11 is 0. The molecule has 0 aliphatic heterocycles. The minimum atomic E-state index is -0.476. The van der Waals surface area contributed by atoms with Gasteiger partial charge in [-0.25, -0.2) is 5.48 Å². The standard InChI is InChI=1S/C10H20N2O2/c1-7(2)9(11)10(13)12-14-8-5-3-4-6-8/h7-9H,3-6,11H2,1-2H3,(H,12,13). The number of hydrogen-bond acceptors (Lipinski definition) is 3. The maximum Gasteiger partial charge on any atom is 0.260 e. The Morgan fingerprint density at radius 1 is 1.43 bits per heavy atom. The van der Waals surface area contributed by atoms with Gasteiger partial charge in [-0.05, 0) is 18.8 Å². The smallest absolute Gasteiger partial charge is 0.260 e. The van der Waals surface area contributed by atoms with Crippen LogP contribution in [0.3, 0.4) is 0 Å². The van der Waals surface area contributed by atoms with Crippen molar-refractivity contribution in [2.24, 2.45) is 11.7 Å². The van der Waals surface area contributed by atoms with E-state index in [-0.39, 0.29) is 17.9 Å². The van der Waals surface area contributed by atoms with Crippen molar-refractivity contribution in [3.63, 3.8) is 0 Å². The van der Waals surface area contributed by atoms with E-state index in [0.717, 1.165) is 12.8 Å². The first-order valence-electron chi connectivity index (χ1n) is 5.32. The van der Waals surface area contributed by atoms with Crippen LogP contribution in [0.5, 0.6) is 0 Å². The molecule has 4 nitrogen and oxygen atoms in total. The van der Waals surface area contributed by atoms with E-state index >= 15 is 0 Å². The number of nitrogens with one attached hydrogen (secondary N) is 1. The Morgan fingerprint density at radius 3 is 2.50 bits per heavy atom. The summed E-state index contributed by atoms with van der Waals surface area (Å²) in [6, 6.07) is -0.476. The van der Waals surface area contributed by atoms with Gasteiger partial charge in [0.05, 0.1) is 12.1 Å². The number of carbonyl (C=O) groups excluding carboxylic acids is 1. The van der Waals surface area contributed by atoms with Crippen LogP contribution in [0.1, 0.15) is 39.5 Å². The van der Waals surface area contributed by atoms with Gasteiger partial charge >= 0.3 is 0 Å². The molecule has 82 valence electrons. The van der Waals surface area contributed by atoms with E-state index in [1.807, 2.05) is 13.8 Å². The zero-order valence-corrected chi connectivity index (χ0v) is 8.95. The van der Waals surface area contributed by atoms with Gasteiger partial charge in [0.1, 0.15) is 0 Å². The largest absolute Gasteiger partial charge is 0.320 e. The second-order valence-corrected chi connectivity index (χ2v) is 4.26. The third-order valence-electron chi connectivity index (χ3n) is 2.65. The topological polar surface area (TPSA) is 64.4 Å². The number of carbonyl (C=O) groups is 1. The highest BCUT2D eigenvalue weighted by Crippen LogP contribution is 2.19. The summed E-state index contributed by atoms with van der Waals surface area (Å²) in [7, 11) is 0. The molecule has 1 saturated carbocycles. The Balaban J connectivity index is 2.19. The van der Waals surface area contributed by atoms with E-state index in [9.17, 15) is 4.79 Å². The Kier molecular flexibility index (Phi) is 4.35. The van der Waals surface area contributed by atoms with Crippen molar-refractivity contribution in [1.82, 2.24) is 5.48 Å². The molecule has 1 amide bonds. The molecule has 1 fully saturated rings. The van der Waals surface area contributed by atoms with Gasteiger partial charge in [-0.1, -0.05) is 26.7 Å². The zero-order valence-electron chi connectivity index (χ0n) is 8.95. The van der Waals surface area contributed by atoms with E-state index in [1.54, 1.807) is 0 Å². The summed E-state index contributed by atoms with van der Waals surface area (Å²) in [5, 5.41) is 0. The van der Waals surface area contributed by atoms with Crippen LogP contribution in [0.15, 0.2) is 0 Å². The van der Waals surface area contributed by atoms with E-state index in [0.29, 0.717) is 0 Å². The second kappa shape index (κ2) is 5.32. The number of hydrogen-bond donors (Lipinski definition) is 2. The quantitative estimate of drug-likeness (QED) is 0.664. The van der Waals surface area contributed by atoms with Crippen molar-refractivity contribution in [3.05, 3.63) is 0 Å². The summed E-state index contributed by atoms with van der Waals surface area (Å²) in [4.78, 5) is 16.6. The summed E-state index contributed by atoms with van der Waals surface area (Å²) in [6.07, 6.45) is 4.65. The summed E-state index contributed by atoms with van der Waals surface area (Å²) in [5.74, 6) is -0.0749. The Morgan fingerprint density at radius 2 is 2.00 bits per heavy atom. The van der Waals surface area contributed by atoms with Crippen molar-refractivity contribution in [3.8, 4) is 0 Å². The van der Waals surface area contributed by atoms with Crippen molar-refractivity contribution >= 4 is 5.91 Å². The van der Waals surface area contributed by atoms with Crippen LogP contribution in [0.4, 0.5) is 0 Å². The lowest BCUT2D eigenvalue weighted by molar-refractivity contribution is -0.140. The highest BCUT2D eigenvalue weighted by Gasteiger charge is 2.20. The van der Waals surface area contributed by atoms with Gasteiger partial charge in [-0.3, -0.25) is 9.63 Å². The van der Waals surface area contributed by atoms with Gasteiger partial charge in [0, 0.05) is 0 Å². The van der Waals surface area contributed by atoms with E-state index < -0.39 is 6.04 Å². The molecule has 0 spiro atoms. The van der Waals surface area contributed by atoms with Gasteiger partial charge in [0.25, 0.3) is 5.91 Å². The Labute approximate surface area is 85.1 Å². The molecule has 1 aliphatic carbocycles. The highest BCUT2D eigenvalue weighted by molar-refractivity contribution is 5.80. The molecule has 1 atom stereocenters. The number of hydroxylamine groups is 1. The molecule has 0 heterocycles. The molecule has 0 aromatic rings. The second-order valence-electron chi connectivity index (χ2n) is 4.26. The minimum Gasteiger partial charge on any atom is -0.320 e. The van der Waals surface area contributed by atoms with Crippen LogP contribution >= 0.6 is 0 Å². The molecule has 1 aliphatic rings. The van der Waals surface area contributed by atoms with Crippen LogP contribution in [-0.2, 0) is 9.63 Å². The average molecular weight is 200 g/mol. The van der Waals surface area contributed by atoms with E-state index in [2.05, 4.69) is 5.48 Å². The number of nitrogens with two attached hydrogens (primary N) is 1. The van der Waals surface area contributed by atoms with Crippen LogP contribution in [0.2, 0.25) is 0 Å². The molecule has 0 aromatic carbocycles. The maximum atomic E-state index is 11.4. The van der Waals surface area contributed by atoms with Gasteiger partial charge in [0.2, 0.25) is 0 Å². The zero-order chi connectivity index (χ0) is 10.6. The van der Waals surface area contributed by atoms with Crippen LogP contribution in [-0.4, -0.2) is 18.1 Å². The lowest BCUT2D eigenvalue weighted by atomic mass is 10.1. The fraction of sp³-hybridized carbons (Fsp3) is 0.900. The first kappa shape index (κ1) is 11.5. The average Bonchev–Trinajstić information content (AvgIpc) is 2.65. The highest BCUT2D eigenvalue weighted by atomic mass is 16.7. The van der Waals surface area contributed by atoms with Crippen LogP contribution in [0, 0.1) is 5.92 Å². The molecule has 1 rings (SSSR count). The molecular formula is C10H20N2O2. The lowest BCUT2D eigenvalue weighted by Crippen LogP contribution is -2.44. The molecule has 0 bridgehead atoms. The molecule has 1 unspecified atom stereocenters. The Hall–Kier alpha value is -0.610. The number of rotatable bonds is 4. The van der Waals surface area contributed by atoms with Crippen molar-refractivity contribution in [1.29, 1.82) is 0 Å². The molecule has 3 N–H and O–H groups in total. The molecule has 14 heavy (non-hydrogen) atoms. The normalized spacial score (nSPS) is 20.0.